The smallest absolute Gasteiger partial charge is 0.165 e. The maximum absolute atomic E-state index is 11.3. The van der Waals surface area contributed by atoms with E-state index in [9.17, 15) is 9.59 Å². The fourth-order valence-corrected chi connectivity index (χ4v) is 3.94. The van der Waals surface area contributed by atoms with E-state index >= 15 is 0 Å². The first-order valence-corrected chi connectivity index (χ1v) is 7.65. The van der Waals surface area contributed by atoms with E-state index in [0.29, 0.717) is 11.3 Å². The highest BCUT2D eigenvalue weighted by Gasteiger charge is 2.20. The van der Waals surface area contributed by atoms with Crippen molar-refractivity contribution in [3.8, 4) is 0 Å². The highest BCUT2D eigenvalue weighted by atomic mass is 32.2. The molecule has 4 nitrogen and oxygen atoms in total. The van der Waals surface area contributed by atoms with E-state index in [2.05, 4.69) is 5.32 Å². The maximum atomic E-state index is 11.3. The van der Waals surface area contributed by atoms with Gasteiger partial charge in [-0.2, -0.15) is 0 Å². The fraction of sp³-hybridized carbons (Fsp3) is 0.500. The number of fused-ring (bicyclic) bond motifs is 1. The van der Waals surface area contributed by atoms with E-state index in [4.69, 9.17) is 4.74 Å². The number of thioether (sulfide) groups is 1. The van der Waals surface area contributed by atoms with Gasteiger partial charge in [0.05, 0.1) is 22.3 Å². The first-order chi connectivity index (χ1) is 8.81. The van der Waals surface area contributed by atoms with E-state index in [1.54, 1.807) is 17.8 Å². The zero-order valence-corrected chi connectivity index (χ0v) is 11.6. The van der Waals surface area contributed by atoms with Crippen molar-refractivity contribution in [1.29, 1.82) is 0 Å². The summed E-state index contributed by atoms with van der Waals surface area (Å²) in [6.07, 6.45) is 1.41. The largest absolute Gasteiger partial charge is 0.379 e. The van der Waals surface area contributed by atoms with E-state index in [1.807, 2.05) is 0 Å². The minimum Gasteiger partial charge on any atom is -0.379 e. The van der Waals surface area contributed by atoms with Gasteiger partial charge in [0, 0.05) is 30.8 Å². The second-order valence-corrected chi connectivity index (χ2v) is 6.30. The lowest BCUT2D eigenvalue weighted by atomic mass is 10.1. The molecule has 0 atom stereocenters. The molecule has 1 aromatic heterocycles. The molecule has 6 heteroatoms. The normalized spacial score (nSPS) is 18.6. The van der Waals surface area contributed by atoms with Crippen molar-refractivity contribution in [3.63, 3.8) is 0 Å². The van der Waals surface area contributed by atoms with Crippen LogP contribution in [0.25, 0.3) is 0 Å². The summed E-state index contributed by atoms with van der Waals surface area (Å²) < 4.78 is 6.01. The summed E-state index contributed by atoms with van der Waals surface area (Å²) in [5, 5.41) is 3.16. The van der Waals surface area contributed by atoms with Crippen molar-refractivity contribution in [2.45, 2.75) is 10.6 Å². The summed E-state index contributed by atoms with van der Waals surface area (Å²) in [4.78, 5) is 22.4. The number of ketones is 1. The van der Waals surface area contributed by atoms with Crippen LogP contribution in [-0.4, -0.2) is 44.1 Å². The van der Waals surface area contributed by atoms with Crippen molar-refractivity contribution in [2.24, 2.45) is 0 Å². The molecule has 0 aromatic carbocycles. The number of nitrogens with one attached hydrogen (secondary N) is 1. The van der Waals surface area contributed by atoms with Gasteiger partial charge in [-0.1, -0.05) is 0 Å². The Bertz CT molecular complexity index is 415. The molecule has 0 amide bonds. The molecule has 2 aliphatic rings. The first kappa shape index (κ1) is 13.7. The van der Waals surface area contributed by atoms with Crippen LogP contribution in [0.3, 0.4) is 0 Å². The van der Waals surface area contributed by atoms with Gasteiger partial charge < -0.3 is 10.1 Å². The van der Waals surface area contributed by atoms with Crippen molar-refractivity contribution >= 4 is 35.2 Å². The summed E-state index contributed by atoms with van der Waals surface area (Å²) in [5.74, 6) is 1.03. The average molecular weight is 285 g/mol. The van der Waals surface area contributed by atoms with Gasteiger partial charge in [0.25, 0.3) is 0 Å². The van der Waals surface area contributed by atoms with Crippen LogP contribution in [0.4, 0.5) is 0 Å². The van der Waals surface area contributed by atoms with Crippen LogP contribution in [0, 0.1) is 0 Å². The number of hydrogen-bond donors (Lipinski definition) is 1. The quantitative estimate of drug-likeness (QED) is 0.798. The second-order valence-electron chi connectivity index (χ2n) is 3.85. The van der Waals surface area contributed by atoms with Gasteiger partial charge in [-0.3, -0.25) is 9.59 Å². The van der Waals surface area contributed by atoms with Crippen LogP contribution < -0.4 is 5.32 Å². The topological polar surface area (TPSA) is 55.4 Å². The molecule has 0 saturated carbocycles. The number of aldehydes is 1. The number of ether oxygens (including phenoxy) is 1. The molecule has 0 radical (unpaired) electrons. The Morgan fingerprint density at radius 2 is 2.11 bits per heavy atom. The van der Waals surface area contributed by atoms with Crippen LogP contribution in [0.15, 0.2) is 10.3 Å². The molecule has 3 rings (SSSR count). The molecule has 0 aliphatic carbocycles. The molecule has 0 unspecified atom stereocenters. The minimum atomic E-state index is 0.174. The lowest BCUT2D eigenvalue weighted by Gasteiger charge is -2.10. The average Bonchev–Trinajstić information content (AvgIpc) is 2.86. The molecule has 1 N–H and O–H groups in total. The van der Waals surface area contributed by atoms with Crippen LogP contribution in [0.2, 0.25) is 0 Å². The summed E-state index contributed by atoms with van der Waals surface area (Å²) in [7, 11) is 0. The third kappa shape index (κ3) is 3.65. The number of Topliss-reactive ketones (excluding diaryl/α,β-unsaturated/α-hetero) is 1. The zero-order valence-electron chi connectivity index (χ0n) is 9.94. The van der Waals surface area contributed by atoms with E-state index in [0.717, 1.165) is 48.1 Å². The standard InChI is InChI=1S/C8H6O2S2.C4H9NO/c9-4-5-3-6-7(10)1-2-11-8(6)12-5;1-3-6-4-2-5-1/h3-4H,1-2H2;5H,1-4H2. The molecular formula is C12H15NO3S2. The molecule has 1 aromatic rings. The number of hydrogen-bond acceptors (Lipinski definition) is 6. The SMILES string of the molecule is C1COCCN1.O=Cc1cc2c(s1)SCCC2=O. The Morgan fingerprint density at radius 3 is 2.61 bits per heavy atom. The Balaban J connectivity index is 0.000000169. The molecule has 0 bridgehead atoms. The molecular weight excluding hydrogens is 270 g/mol. The number of carbonyl (C=O) groups excluding carboxylic acids is 2. The van der Waals surface area contributed by atoms with Gasteiger partial charge in [-0.25, -0.2) is 0 Å². The van der Waals surface area contributed by atoms with E-state index in [1.165, 1.54) is 11.3 Å². The summed E-state index contributed by atoms with van der Waals surface area (Å²) in [6.45, 7) is 3.83. The molecule has 1 saturated heterocycles. The summed E-state index contributed by atoms with van der Waals surface area (Å²) in [5.41, 5.74) is 0.748. The van der Waals surface area contributed by atoms with Gasteiger partial charge >= 0.3 is 0 Å². The van der Waals surface area contributed by atoms with Gasteiger partial charge in [0.15, 0.2) is 12.1 Å². The van der Waals surface area contributed by atoms with Crippen molar-refractivity contribution in [1.82, 2.24) is 5.32 Å². The zero-order chi connectivity index (χ0) is 12.8. The van der Waals surface area contributed by atoms with Crippen molar-refractivity contribution in [3.05, 3.63) is 16.5 Å². The van der Waals surface area contributed by atoms with Crippen LogP contribution in [0.1, 0.15) is 26.5 Å². The monoisotopic (exact) mass is 285 g/mol. The van der Waals surface area contributed by atoms with Gasteiger partial charge in [0.1, 0.15) is 0 Å². The van der Waals surface area contributed by atoms with E-state index < -0.39 is 0 Å². The van der Waals surface area contributed by atoms with Gasteiger partial charge in [-0.15, -0.1) is 23.1 Å². The lowest BCUT2D eigenvalue weighted by Crippen LogP contribution is -2.30. The van der Waals surface area contributed by atoms with Gasteiger partial charge in [-0.05, 0) is 6.07 Å². The molecule has 0 spiro atoms. The molecule has 18 heavy (non-hydrogen) atoms. The lowest BCUT2D eigenvalue weighted by molar-refractivity contribution is 0.0985. The van der Waals surface area contributed by atoms with E-state index in [-0.39, 0.29) is 5.78 Å². The predicted molar refractivity (Wildman–Crippen MR) is 73.1 cm³/mol. The summed E-state index contributed by atoms with van der Waals surface area (Å²) >= 11 is 3.08. The minimum absolute atomic E-state index is 0.174. The molecule has 1 fully saturated rings. The third-order valence-corrected chi connectivity index (χ3v) is 4.89. The molecule has 98 valence electrons. The highest BCUT2D eigenvalue weighted by Crippen LogP contribution is 2.36. The van der Waals surface area contributed by atoms with Gasteiger partial charge in [0.2, 0.25) is 0 Å². The first-order valence-electron chi connectivity index (χ1n) is 5.84. The number of carbonyl (C=O) groups is 2. The van der Waals surface area contributed by atoms with Crippen molar-refractivity contribution in [2.75, 3.05) is 32.1 Å². The van der Waals surface area contributed by atoms with Crippen LogP contribution in [-0.2, 0) is 4.74 Å². The fourth-order valence-electron chi connectivity index (χ4n) is 1.64. The molecule has 3 heterocycles. The Kier molecular flexibility index (Phi) is 5.37. The van der Waals surface area contributed by atoms with Crippen LogP contribution in [0.5, 0.6) is 0 Å². The van der Waals surface area contributed by atoms with Crippen molar-refractivity contribution < 1.29 is 14.3 Å². The third-order valence-electron chi connectivity index (χ3n) is 2.54. The van der Waals surface area contributed by atoms with Crippen LogP contribution >= 0.6 is 23.1 Å². The summed E-state index contributed by atoms with van der Waals surface area (Å²) in [6, 6.07) is 1.70. The number of morpholine rings is 1. The molecule has 2 aliphatic heterocycles. The number of thiophene rings is 1. The predicted octanol–water partition coefficient (Wildman–Crippen LogP) is 1.85. The Morgan fingerprint density at radius 1 is 1.33 bits per heavy atom. The number of rotatable bonds is 1. The maximum Gasteiger partial charge on any atom is 0.165 e. The highest BCUT2D eigenvalue weighted by molar-refractivity contribution is 8.01. The second kappa shape index (κ2) is 7.04. The Hall–Kier alpha value is -0.690. The Labute approximate surface area is 114 Å².